The van der Waals surface area contributed by atoms with Crippen molar-refractivity contribution in [3.63, 3.8) is 0 Å². The summed E-state index contributed by atoms with van der Waals surface area (Å²) in [5, 5.41) is 0. The highest BCUT2D eigenvalue weighted by atomic mass is 32.2. The fourth-order valence-electron chi connectivity index (χ4n) is 3.52. The molecule has 1 aliphatic rings. The average Bonchev–Trinajstić information content (AvgIpc) is 3.13. The molecule has 1 atom stereocenters. The minimum Gasteiger partial charge on any atom is -0.492 e. The lowest BCUT2D eigenvalue weighted by molar-refractivity contribution is 0.332. The van der Waals surface area contributed by atoms with Crippen LogP contribution in [0.25, 0.3) is 0 Å². The van der Waals surface area contributed by atoms with Crippen LogP contribution in [0.1, 0.15) is 30.0 Å². The van der Waals surface area contributed by atoms with Gasteiger partial charge in [0.2, 0.25) is 10.0 Å². The Morgan fingerprint density at radius 2 is 1.78 bits per heavy atom. The van der Waals surface area contributed by atoms with E-state index < -0.39 is 10.0 Å². The van der Waals surface area contributed by atoms with Gasteiger partial charge in [-0.2, -0.15) is 4.31 Å². The third-order valence-electron chi connectivity index (χ3n) is 4.78. The molecule has 0 aromatic heterocycles. The van der Waals surface area contributed by atoms with E-state index in [1.807, 2.05) is 44.4 Å². The molecule has 1 aliphatic heterocycles. The van der Waals surface area contributed by atoms with Gasteiger partial charge in [-0.3, -0.25) is 0 Å². The van der Waals surface area contributed by atoms with Crippen molar-refractivity contribution in [2.45, 2.75) is 25.4 Å². The highest BCUT2D eigenvalue weighted by Crippen LogP contribution is 2.34. The standard InChI is InChI=1S/C21H28N2O3S/c1-22(2)17-18-10-12-19(13-11-18)21-9-6-14-23(21)27(24,25)16-15-26-20-7-4-3-5-8-20/h3-5,7-8,10-13,21H,6,9,14-17H2,1-2H3. The molecular formula is C21H28N2O3S. The number of ether oxygens (including phenoxy) is 1. The second kappa shape index (κ2) is 8.87. The number of para-hydroxylation sites is 1. The molecule has 1 heterocycles. The highest BCUT2D eigenvalue weighted by Gasteiger charge is 2.34. The Balaban J connectivity index is 1.63. The third kappa shape index (κ3) is 5.31. The topological polar surface area (TPSA) is 49.9 Å². The van der Waals surface area contributed by atoms with Crippen LogP contribution < -0.4 is 4.74 Å². The number of sulfonamides is 1. The molecule has 5 nitrogen and oxygen atoms in total. The predicted octanol–water partition coefficient (Wildman–Crippen LogP) is 3.29. The summed E-state index contributed by atoms with van der Waals surface area (Å²) in [5.41, 5.74) is 2.30. The van der Waals surface area contributed by atoms with Gasteiger partial charge >= 0.3 is 0 Å². The highest BCUT2D eigenvalue weighted by molar-refractivity contribution is 7.89. The van der Waals surface area contributed by atoms with E-state index in [1.54, 1.807) is 4.31 Å². The Morgan fingerprint density at radius 1 is 1.07 bits per heavy atom. The molecule has 0 spiro atoms. The van der Waals surface area contributed by atoms with Crippen LogP contribution in [-0.4, -0.2) is 50.6 Å². The molecule has 3 rings (SSSR count). The van der Waals surface area contributed by atoms with E-state index in [4.69, 9.17) is 4.74 Å². The van der Waals surface area contributed by atoms with Crippen LogP contribution in [0.15, 0.2) is 54.6 Å². The SMILES string of the molecule is CN(C)Cc1ccc(C2CCCN2S(=O)(=O)CCOc2ccccc2)cc1. The smallest absolute Gasteiger partial charge is 0.218 e. The number of rotatable bonds is 8. The molecule has 1 saturated heterocycles. The maximum atomic E-state index is 12.9. The van der Waals surface area contributed by atoms with Gasteiger partial charge in [0.25, 0.3) is 0 Å². The fourth-order valence-corrected chi connectivity index (χ4v) is 5.07. The van der Waals surface area contributed by atoms with Crippen LogP contribution in [0.5, 0.6) is 5.75 Å². The van der Waals surface area contributed by atoms with Crippen LogP contribution in [-0.2, 0) is 16.6 Å². The van der Waals surface area contributed by atoms with Gasteiger partial charge in [-0.25, -0.2) is 8.42 Å². The van der Waals surface area contributed by atoms with Gasteiger partial charge in [0, 0.05) is 19.1 Å². The number of nitrogens with zero attached hydrogens (tertiary/aromatic N) is 2. The summed E-state index contributed by atoms with van der Waals surface area (Å²) >= 11 is 0. The Kier molecular flexibility index (Phi) is 6.52. The van der Waals surface area contributed by atoms with E-state index in [1.165, 1.54) is 5.56 Å². The minimum atomic E-state index is -3.36. The van der Waals surface area contributed by atoms with E-state index in [0.29, 0.717) is 12.3 Å². The zero-order valence-corrected chi connectivity index (χ0v) is 16.9. The van der Waals surface area contributed by atoms with E-state index >= 15 is 0 Å². The lowest BCUT2D eigenvalue weighted by Gasteiger charge is -2.24. The number of benzene rings is 2. The van der Waals surface area contributed by atoms with Crippen LogP contribution in [0, 0.1) is 0 Å². The molecule has 2 aromatic carbocycles. The van der Waals surface area contributed by atoms with Crippen molar-refractivity contribution in [1.29, 1.82) is 0 Å². The molecule has 1 unspecified atom stereocenters. The van der Waals surface area contributed by atoms with E-state index in [9.17, 15) is 8.42 Å². The summed E-state index contributed by atoms with van der Waals surface area (Å²) in [6.45, 7) is 1.62. The summed E-state index contributed by atoms with van der Waals surface area (Å²) in [6, 6.07) is 17.6. The van der Waals surface area contributed by atoms with Gasteiger partial charge < -0.3 is 9.64 Å². The molecule has 0 amide bonds. The Hall–Kier alpha value is -1.89. The quantitative estimate of drug-likeness (QED) is 0.696. The van der Waals surface area contributed by atoms with Crippen molar-refractivity contribution in [1.82, 2.24) is 9.21 Å². The van der Waals surface area contributed by atoms with Gasteiger partial charge in [0.05, 0.1) is 5.75 Å². The van der Waals surface area contributed by atoms with Crippen molar-refractivity contribution >= 4 is 10.0 Å². The summed E-state index contributed by atoms with van der Waals surface area (Å²) in [4.78, 5) is 2.12. The summed E-state index contributed by atoms with van der Waals surface area (Å²) in [6.07, 6.45) is 1.76. The zero-order chi connectivity index (χ0) is 19.3. The van der Waals surface area contributed by atoms with Crippen LogP contribution in [0.4, 0.5) is 0 Å². The summed E-state index contributed by atoms with van der Waals surface area (Å²) < 4.78 is 33.0. The fraction of sp³-hybridized carbons (Fsp3) is 0.429. The van der Waals surface area contributed by atoms with Crippen molar-refractivity contribution in [3.05, 3.63) is 65.7 Å². The normalized spacial score (nSPS) is 18.1. The molecule has 0 bridgehead atoms. The summed E-state index contributed by atoms with van der Waals surface area (Å²) in [7, 11) is 0.720. The van der Waals surface area contributed by atoms with Gasteiger partial charge in [-0.05, 0) is 50.2 Å². The molecule has 1 fully saturated rings. The Bertz CT molecular complexity index is 820. The predicted molar refractivity (Wildman–Crippen MR) is 108 cm³/mol. The van der Waals surface area contributed by atoms with Gasteiger partial charge in [-0.1, -0.05) is 42.5 Å². The van der Waals surface area contributed by atoms with Gasteiger partial charge in [0.1, 0.15) is 12.4 Å². The largest absolute Gasteiger partial charge is 0.492 e. The first-order chi connectivity index (χ1) is 13.0. The van der Waals surface area contributed by atoms with E-state index in [-0.39, 0.29) is 18.4 Å². The molecule has 146 valence electrons. The van der Waals surface area contributed by atoms with Crippen molar-refractivity contribution in [2.24, 2.45) is 0 Å². The molecule has 0 aliphatic carbocycles. The number of hydrogen-bond acceptors (Lipinski definition) is 4. The lowest BCUT2D eigenvalue weighted by atomic mass is 10.0. The van der Waals surface area contributed by atoms with Gasteiger partial charge in [-0.15, -0.1) is 0 Å². The lowest BCUT2D eigenvalue weighted by Crippen LogP contribution is -2.34. The maximum Gasteiger partial charge on any atom is 0.218 e. The molecule has 0 N–H and O–H groups in total. The third-order valence-corrected chi connectivity index (χ3v) is 6.61. The van der Waals surface area contributed by atoms with Crippen molar-refractivity contribution in [2.75, 3.05) is 33.0 Å². The molecule has 6 heteroatoms. The first-order valence-corrected chi connectivity index (χ1v) is 11.0. The maximum absolute atomic E-state index is 12.9. The molecule has 0 radical (unpaired) electrons. The van der Waals surface area contributed by atoms with Crippen molar-refractivity contribution in [3.8, 4) is 5.75 Å². The van der Waals surface area contributed by atoms with Crippen molar-refractivity contribution < 1.29 is 13.2 Å². The monoisotopic (exact) mass is 388 g/mol. The van der Waals surface area contributed by atoms with E-state index in [0.717, 1.165) is 24.9 Å². The average molecular weight is 389 g/mol. The second-order valence-electron chi connectivity index (χ2n) is 7.23. The molecule has 2 aromatic rings. The number of hydrogen-bond donors (Lipinski definition) is 0. The van der Waals surface area contributed by atoms with Crippen LogP contribution in [0.3, 0.4) is 0 Å². The Morgan fingerprint density at radius 3 is 2.44 bits per heavy atom. The minimum absolute atomic E-state index is 0.00287. The first kappa shape index (κ1) is 19.9. The Labute approximate surface area is 162 Å². The molecule has 27 heavy (non-hydrogen) atoms. The van der Waals surface area contributed by atoms with Crippen LogP contribution in [0.2, 0.25) is 0 Å². The van der Waals surface area contributed by atoms with E-state index in [2.05, 4.69) is 29.2 Å². The first-order valence-electron chi connectivity index (χ1n) is 9.36. The molecular weight excluding hydrogens is 360 g/mol. The second-order valence-corrected chi connectivity index (χ2v) is 9.27. The molecule has 0 saturated carbocycles. The van der Waals surface area contributed by atoms with Crippen LogP contribution >= 0.6 is 0 Å². The summed E-state index contributed by atoms with van der Waals surface area (Å²) in [5.74, 6) is 0.694. The van der Waals surface area contributed by atoms with Gasteiger partial charge in [0.15, 0.2) is 0 Å². The zero-order valence-electron chi connectivity index (χ0n) is 16.0.